The van der Waals surface area contributed by atoms with Gasteiger partial charge < -0.3 is 30.6 Å². The Kier molecular flexibility index (Phi) is 5.57. The van der Waals surface area contributed by atoms with Crippen LogP contribution in [0.5, 0.6) is 11.5 Å². The predicted octanol–water partition coefficient (Wildman–Crippen LogP) is 0.658. The molecule has 0 aliphatic heterocycles. The number of aromatic hydroxyl groups is 2. The molecule has 0 spiro atoms. The van der Waals surface area contributed by atoms with Gasteiger partial charge in [-0.3, -0.25) is 0 Å². The van der Waals surface area contributed by atoms with Crippen molar-refractivity contribution in [3.8, 4) is 11.5 Å². The largest absolute Gasteiger partial charge is 0.508 e. The standard InChI is InChI=1S/C17H20O6/c18-6-12-10(1-3-16(22)14(12)8-20)5-11-2-4-17(23)15(9-21)13(11)7-19/h1-4,18-23H,5-9H2. The van der Waals surface area contributed by atoms with E-state index in [1.54, 1.807) is 12.1 Å². The van der Waals surface area contributed by atoms with Crippen molar-refractivity contribution in [3.63, 3.8) is 0 Å². The number of phenols is 2. The Morgan fingerprint density at radius 2 is 0.870 bits per heavy atom. The lowest BCUT2D eigenvalue weighted by atomic mass is 9.91. The molecule has 0 saturated carbocycles. The fourth-order valence-corrected chi connectivity index (χ4v) is 2.74. The van der Waals surface area contributed by atoms with Crippen LogP contribution in [-0.4, -0.2) is 30.6 Å². The molecule has 0 atom stereocenters. The first kappa shape index (κ1) is 17.2. The number of benzene rings is 2. The maximum atomic E-state index is 9.76. The molecule has 2 aromatic carbocycles. The molecule has 6 heteroatoms. The van der Waals surface area contributed by atoms with Crippen LogP contribution < -0.4 is 0 Å². The first-order chi connectivity index (χ1) is 11.1. The summed E-state index contributed by atoms with van der Waals surface area (Å²) in [6.07, 6.45) is 0.312. The minimum Gasteiger partial charge on any atom is -0.508 e. The maximum Gasteiger partial charge on any atom is 0.121 e. The van der Waals surface area contributed by atoms with Crippen molar-refractivity contribution < 1.29 is 30.6 Å². The van der Waals surface area contributed by atoms with Gasteiger partial charge >= 0.3 is 0 Å². The van der Waals surface area contributed by atoms with Gasteiger partial charge in [-0.05, 0) is 40.8 Å². The van der Waals surface area contributed by atoms with Crippen LogP contribution in [0.1, 0.15) is 33.4 Å². The van der Waals surface area contributed by atoms with E-state index in [-0.39, 0.29) is 35.8 Å². The third-order valence-electron chi connectivity index (χ3n) is 4.02. The first-order valence-corrected chi connectivity index (χ1v) is 7.15. The van der Waals surface area contributed by atoms with Crippen LogP contribution in [0.4, 0.5) is 0 Å². The van der Waals surface area contributed by atoms with Crippen LogP contribution in [0.25, 0.3) is 0 Å². The molecule has 0 bridgehead atoms. The lowest BCUT2D eigenvalue weighted by Gasteiger charge is -2.17. The van der Waals surface area contributed by atoms with E-state index in [2.05, 4.69) is 0 Å². The lowest BCUT2D eigenvalue weighted by molar-refractivity contribution is 0.253. The van der Waals surface area contributed by atoms with E-state index in [1.807, 2.05) is 0 Å². The Hall–Kier alpha value is -2.12. The van der Waals surface area contributed by atoms with E-state index < -0.39 is 13.2 Å². The second kappa shape index (κ2) is 7.43. The summed E-state index contributed by atoms with van der Waals surface area (Å²) in [5.74, 6) is -0.186. The SMILES string of the molecule is OCc1c(O)ccc(Cc2ccc(O)c(CO)c2CO)c1CO. The second-order valence-electron chi connectivity index (χ2n) is 5.21. The molecule has 0 heterocycles. The second-order valence-corrected chi connectivity index (χ2v) is 5.21. The number of aliphatic hydroxyl groups is 4. The molecule has 0 fully saturated rings. The average molecular weight is 320 g/mol. The highest BCUT2D eigenvalue weighted by Crippen LogP contribution is 2.30. The zero-order valence-electron chi connectivity index (χ0n) is 12.5. The van der Waals surface area contributed by atoms with Gasteiger partial charge in [0.05, 0.1) is 26.4 Å². The van der Waals surface area contributed by atoms with Gasteiger partial charge in [-0.1, -0.05) is 12.1 Å². The smallest absolute Gasteiger partial charge is 0.121 e. The molecule has 0 radical (unpaired) electrons. The van der Waals surface area contributed by atoms with Gasteiger partial charge in [-0.25, -0.2) is 0 Å². The van der Waals surface area contributed by atoms with Gasteiger partial charge in [-0.2, -0.15) is 0 Å². The Balaban J connectivity index is 2.52. The molecule has 2 rings (SSSR count). The summed E-state index contributed by atoms with van der Waals surface area (Å²) in [6.45, 7) is -1.50. The van der Waals surface area contributed by atoms with Crippen LogP contribution in [0, 0.1) is 0 Å². The number of rotatable bonds is 6. The molecule has 6 nitrogen and oxygen atoms in total. The Morgan fingerprint density at radius 1 is 0.522 bits per heavy atom. The highest BCUT2D eigenvalue weighted by Gasteiger charge is 2.16. The van der Waals surface area contributed by atoms with E-state index in [4.69, 9.17) is 0 Å². The molecule has 0 aliphatic carbocycles. The van der Waals surface area contributed by atoms with Gasteiger partial charge in [0, 0.05) is 11.1 Å². The van der Waals surface area contributed by atoms with Crippen LogP contribution in [0.3, 0.4) is 0 Å². The minimum atomic E-state index is -0.403. The van der Waals surface area contributed by atoms with Crippen LogP contribution in [-0.2, 0) is 32.8 Å². The van der Waals surface area contributed by atoms with Gasteiger partial charge in [0.2, 0.25) is 0 Å². The summed E-state index contributed by atoms with van der Waals surface area (Å²) in [6, 6.07) is 6.14. The number of hydrogen-bond donors (Lipinski definition) is 6. The molecule has 23 heavy (non-hydrogen) atoms. The van der Waals surface area contributed by atoms with E-state index in [9.17, 15) is 30.6 Å². The van der Waals surface area contributed by atoms with Gasteiger partial charge in [-0.15, -0.1) is 0 Å². The van der Waals surface area contributed by atoms with E-state index >= 15 is 0 Å². The van der Waals surface area contributed by atoms with Crippen molar-refractivity contribution in [2.24, 2.45) is 0 Å². The summed E-state index contributed by atoms with van der Waals surface area (Å²) in [5.41, 5.74) is 2.73. The maximum absolute atomic E-state index is 9.76. The van der Waals surface area contributed by atoms with E-state index in [0.29, 0.717) is 28.7 Å². The molecule has 0 saturated heterocycles. The van der Waals surface area contributed by atoms with Crippen molar-refractivity contribution >= 4 is 0 Å². The van der Waals surface area contributed by atoms with Gasteiger partial charge in [0.1, 0.15) is 11.5 Å². The molecule has 2 aromatic rings. The lowest BCUT2D eigenvalue weighted by Crippen LogP contribution is -2.06. The zero-order chi connectivity index (χ0) is 17.0. The number of hydrogen-bond acceptors (Lipinski definition) is 6. The molecule has 0 amide bonds. The molecule has 0 unspecified atom stereocenters. The van der Waals surface area contributed by atoms with E-state index in [0.717, 1.165) is 0 Å². The average Bonchev–Trinajstić information content (AvgIpc) is 2.56. The highest BCUT2D eigenvalue weighted by atomic mass is 16.3. The Labute approximate surface area is 133 Å². The fourth-order valence-electron chi connectivity index (χ4n) is 2.74. The van der Waals surface area contributed by atoms with Crippen molar-refractivity contribution in [3.05, 3.63) is 57.6 Å². The van der Waals surface area contributed by atoms with Crippen LogP contribution in [0.15, 0.2) is 24.3 Å². The number of aliphatic hydroxyl groups excluding tert-OH is 4. The summed E-state index contributed by atoms with van der Waals surface area (Å²) < 4.78 is 0. The third-order valence-corrected chi connectivity index (χ3v) is 4.02. The zero-order valence-corrected chi connectivity index (χ0v) is 12.5. The molecular weight excluding hydrogens is 300 g/mol. The summed E-state index contributed by atoms with van der Waals surface area (Å²) in [4.78, 5) is 0. The first-order valence-electron chi connectivity index (χ1n) is 7.15. The highest BCUT2D eigenvalue weighted by molar-refractivity contribution is 5.49. The molecular formula is C17H20O6. The van der Waals surface area contributed by atoms with Crippen molar-refractivity contribution in [1.82, 2.24) is 0 Å². The van der Waals surface area contributed by atoms with Crippen molar-refractivity contribution in [2.75, 3.05) is 0 Å². The summed E-state index contributed by atoms with van der Waals surface area (Å²) in [7, 11) is 0. The quantitative estimate of drug-likeness (QED) is 0.465. The third kappa shape index (κ3) is 3.30. The summed E-state index contributed by atoms with van der Waals surface area (Å²) >= 11 is 0. The Morgan fingerprint density at radius 3 is 1.17 bits per heavy atom. The van der Waals surface area contributed by atoms with Gasteiger partial charge in [0.25, 0.3) is 0 Å². The minimum absolute atomic E-state index is 0.0931. The van der Waals surface area contributed by atoms with Crippen molar-refractivity contribution in [1.29, 1.82) is 0 Å². The predicted molar refractivity (Wildman–Crippen MR) is 82.7 cm³/mol. The molecule has 124 valence electrons. The monoisotopic (exact) mass is 320 g/mol. The fraction of sp³-hybridized carbons (Fsp3) is 0.294. The molecule has 0 aromatic heterocycles. The van der Waals surface area contributed by atoms with E-state index in [1.165, 1.54) is 12.1 Å². The van der Waals surface area contributed by atoms with Crippen LogP contribution in [0.2, 0.25) is 0 Å². The summed E-state index contributed by atoms with van der Waals surface area (Å²) in [5, 5.41) is 57.3. The van der Waals surface area contributed by atoms with Crippen molar-refractivity contribution in [2.45, 2.75) is 32.8 Å². The topological polar surface area (TPSA) is 121 Å². The Bertz CT molecular complexity index is 636. The molecule has 0 aliphatic rings. The molecule has 6 N–H and O–H groups in total. The van der Waals surface area contributed by atoms with Crippen LogP contribution >= 0.6 is 0 Å². The normalized spacial score (nSPS) is 11.0. The van der Waals surface area contributed by atoms with Gasteiger partial charge in [0.15, 0.2) is 0 Å².